The summed E-state index contributed by atoms with van der Waals surface area (Å²) in [4.78, 5) is 17.1. The molecule has 1 amide bonds. The third-order valence-corrected chi connectivity index (χ3v) is 4.02. The molecule has 3 aromatic rings. The fraction of sp³-hybridized carbons (Fsp3) is 0.227. The molecule has 0 fully saturated rings. The molecular weight excluding hydrogens is 354 g/mol. The first-order chi connectivity index (χ1) is 13.5. The maximum atomic E-state index is 12.6. The topological polar surface area (TPSA) is 72.8 Å². The van der Waals surface area contributed by atoms with Crippen LogP contribution in [0.3, 0.4) is 0 Å². The van der Waals surface area contributed by atoms with Crippen LogP contribution in [0, 0.1) is 6.92 Å². The highest BCUT2D eigenvalue weighted by Gasteiger charge is 2.11. The van der Waals surface area contributed by atoms with Crippen LogP contribution in [-0.2, 0) is 0 Å². The predicted molar refractivity (Wildman–Crippen MR) is 110 cm³/mol. The summed E-state index contributed by atoms with van der Waals surface area (Å²) in [6.45, 7) is 5.77. The van der Waals surface area contributed by atoms with E-state index in [1.165, 1.54) is 0 Å². The van der Waals surface area contributed by atoms with Crippen LogP contribution in [0.5, 0.6) is 11.5 Å². The van der Waals surface area contributed by atoms with E-state index in [0.717, 1.165) is 22.2 Å². The number of pyridine rings is 1. The van der Waals surface area contributed by atoms with Gasteiger partial charge in [0.05, 0.1) is 30.5 Å². The van der Waals surface area contributed by atoms with Gasteiger partial charge in [0.25, 0.3) is 5.91 Å². The number of rotatable bonds is 6. The van der Waals surface area contributed by atoms with Gasteiger partial charge >= 0.3 is 0 Å². The fourth-order valence-corrected chi connectivity index (χ4v) is 2.84. The molecule has 0 aliphatic carbocycles. The highest BCUT2D eigenvalue weighted by Crippen LogP contribution is 2.28. The van der Waals surface area contributed by atoms with E-state index in [-0.39, 0.29) is 12.0 Å². The van der Waals surface area contributed by atoms with E-state index >= 15 is 0 Å². The number of nitrogens with zero attached hydrogens (tertiary/aromatic N) is 2. The van der Waals surface area contributed by atoms with Crippen molar-refractivity contribution in [2.75, 3.05) is 7.11 Å². The molecule has 28 heavy (non-hydrogen) atoms. The first-order valence-corrected chi connectivity index (χ1v) is 9.02. The number of aryl methyl sites for hydroxylation is 1. The molecule has 2 aromatic carbocycles. The Labute approximate surface area is 164 Å². The molecule has 0 atom stereocenters. The maximum absolute atomic E-state index is 12.6. The molecule has 1 aromatic heterocycles. The van der Waals surface area contributed by atoms with Gasteiger partial charge in [0.1, 0.15) is 0 Å². The molecule has 0 saturated carbocycles. The van der Waals surface area contributed by atoms with Gasteiger partial charge in [0.2, 0.25) is 0 Å². The van der Waals surface area contributed by atoms with E-state index in [1.54, 1.807) is 25.5 Å². The minimum Gasteiger partial charge on any atom is -0.493 e. The number of hydrogen-bond donors (Lipinski definition) is 1. The molecule has 0 unspecified atom stereocenters. The molecule has 6 heteroatoms. The summed E-state index contributed by atoms with van der Waals surface area (Å²) in [6, 6.07) is 14.8. The highest BCUT2D eigenvalue weighted by molar-refractivity contribution is 6.06. The van der Waals surface area contributed by atoms with Crippen molar-refractivity contribution in [3.8, 4) is 11.5 Å². The lowest BCUT2D eigenvalue weighted by Gasteiger charge is -2.13. The van der Waals surface area contributed by atoms with Crippen LogP contribution < -0.4 is 14.9 Å². The van der Waals surface area contributed by atoms with Crippen LogP contribution in [0.4, 0.5) is 0 Å². The van der Waals surface area contributed by atoms with Gasteiger partial charge < -0.3 is 9.47 Å². The second kappa shape index (κ2) is 8.52. The van der Waals surface area contributed by atoms with Crippen molar-refractivity contribution < 1.29 is 14.3 Å². The Morgan fingerprint density at radius 1 is 1.14 bits per heavy atom. The number of carbonyl (C=O) groups is 1. The Balaban J connectivity index is 1.77. The highest BCUT2D eigenvalue weighted by atomic mass is 16.5. The summed E-state index contributed by atoms with van der Waals surface area (Å²) in [7, 11) is 1.59. The molecule has 0 aliphatic heterocycles. The lowest BCUT2D eigenvalue weighted by atomic mass is 10.1. The molecule has 6 nitrogen and oxygen atoms in total. The summed E-state index contributed by atoms with van der Waals surface area (Å²) >= 11 is 0. The summed E-state index contributed by atoms with van der Waals surface area (Å²) < 4.78 is 11.1. The molecule has 0 bridgehead atoms. The zero-order valence-electron chi connectivity index (χ0n) is 16.4. The summed E-state index contributed by atoms with van der Waals surface area (Å²) in [5.41, 5.74) is 5.46. The van der Waals surface area contributed by atoms with Gasteiger partial charge in [0.15, 0.2) is 11.5 Å². The number of fused-ring (bicyclic) bond motifs is 1. The van der Waals surface area contributed by atoms with E-state index in [9.17, 15) is 4.79 Å². The van der Waals surface area contributed by atoms with Gasteiger partial charge in [-0.3, -0.25) is 9.78 Å². The molecule has 0 radical (unpaired) electrons. The van der Waals surface area contributed by atoms with E-state index in [0.29, 0.717) is 17.1 Å². The average molecular weight is 377 g/mol. The monoisotopic (exact) mass is 377 g/mol. The van der Waals surface area contributed by atoms with Crippen molar-refractivity contribution in [2.45, 2.75) is 26.9 Å². The summed E-state index contributed by atoms with van der Waals surface area (Å²) in [6.07, 6.45) is 1.61. The van der Waals surface area contributed by atoms with Gasteiger partial charge in [-0.1, -0.05) is 18.2 Å². The minimum absolute atomic E-state index is 0.0475. The number of aromatic nitrogens is 1. The number of amides is 1. The molecule has 0 spiro atoms. The Morgan fingerprint density at radius 2 is 1.93 bits per heavy atom. The van der Waals surface area contributed by atoms with E-state index in [4.69, 9.17) is 9.47 Å². The number of methoxy groups -OCH3 is 1. The van der Waals surface area contributed by atoms with Crippen molar-refractivity contribution in [1.82, 2.24) is 10.4 Å². The van der Waals surface area contributed by atoms with E-state index < -0.39 is 0 Å². The lowest BCUT2D eigenvalue weighted by Crippen LogP contribution is -2.18. The first kappa shape index (κ1) is 19.4. The molecule has 144 valence electrons. The number of nitrogens with one attached hydrogen (secondary N) is 1. The van der Waals surface area contributed by atoms with Gasteiger partial charge in [-0.2, -0.15) is 5.10 Å². The zero-order valence-corrected chi connectivity index (χ0v) is 16.4. The summed E-state index contributed by atoms with van der Waals surface area (Å²) in [5.74, 6) is 0.988. The van der Waals surface area contributed by atoms with Gasteiger partial charge in [-0.25, -0.2) is 5.43 Å². The number of ether oxygens (including phenoxy) is 2. The minimum atomic E-state index is -0.287. The lowest BCUT2D eigenvalue weighted by molar-refractivity contribution is 0.0956. The smallest absolute Gasteiger partial charge is 0.272 e. The van der Waals surface area contributed by atoms with E-state index in [2.05, 4.69) is 15.5 Å². The van der Waals surface area contributed by atoms with Crippen molar-refractivity contribution in [3.05, 3.63) is 65.4 Å². The van der Waals surface area contributed by atoms with Crippen molar-refractivity contribution in [3.63, 3.8) is 0 Å². The molecular formula is C22H23N3O3. The standard InChI is InChI=1S/C22H23N3O3/c1-14(2)28-20-10-9-16(12-21(20)27-4)13-23-25-22(26)18-11-15(3)24-19-8-6-5-7-17(18)19/h5-14H,1-4H3,(H,25,26)/b23-13-. The normalized spacial score (nSPS) is 11.2. The number of hydrazone groups is 1. The third kappa shape index (κ3) is 4.46. The SMILES string of the molecule is COc1cc(/C=N\NC(=O)c2cc(C)nc3ccccc23)ccc1OC(C)C. The Hall–Kier alpha value is -3.41. The Bertz CT molecular complexity index is 1030. The number of benzene rings is 2. The predicted octanol–water partition coefficient (Wildman–Crippen LogP) is 4.10. The van der Waals surface area contributed by atoms with Crippen LogP contribution in [-0.4, -0.2) is 30.3 Å². The van der Waals surface area contributed by atoms with Gasteiger partial charge in [-0.05, 0) is 56.7 Å². The Morgan fingerprint density at radius 3 is 2.68 bits per heavy atom. The van der Waals surface area contributed by atoms with Crippen molar-refractivity contribution in [2.24, 2.45) is 5.10 Å². The second-order valence-electron chi connectivity index (χ2n) is 6.60. The molecule has 0 saturated heterocycles. The fourth-order valence-electron chi connectivity index (χ4n) is 2.84. The van der Waals surface area contributed by atoms with Crippen molar-refractivity contribution >= 4 is 23.0 Å². The molecule has 1 N–H and O–H groups in total. The molecule has 0 aliphatic rings. The van der Waals surface area contributed by atoms with Gasteiger partial charge in [0, 0.05) is 11.1 Å². The molecule has 1 heterocycles. The number of carbonyl (C=O) groups excluding carboxylic acids is 1. The quantitative estimate of drug-likeness (QED) is 0.518. The Kier molecular flexibility index (Phi) is 5.89. The number of hydrogen-bond acceptors (Lipinski definition) is 5. The maximum Gasteiger partial charge on any atom is 0.272 e. The van der Waals surface area contributed by atoms with Crippen LogP contribution in [0.1, 0.15) is 35.5 Å². The van der Waals surface area contributed by atoms with Crippen LogP contribution in [0.2, 0.25) is 0 Å². The largest absolute Gasteiger partial charge is 0.493 e. The van der Waals surface area contributed by atoms with Crippen molar-refractivity contribution in [1.29, 1.82) is 0 Å². The average Bonchev–Trinajstić information content (AvgIpc) is 2.67. The second-order valence-corrected chi connectivity index (χ2v) is 6.60. The van der Waals surface area contributed by atoms with E-state index in [1.807, 2.05) is 57.2 Å². The van der Waals surface area contributed by atoms with Crippen LogP contribution in [0.15, 0.2) is 53.6 Å². The van der Waals surface area contributed by atoms with Crippen LogP contribution in [0.25, 0.3) is 10.9 Å². The van der Waals surface area contributed by atoms with Crippen LogP contribution >= 0.6 is 0 Å². The zero-order chi connectivity index (χ0) is 20.1. The van der Waals surface area contributed by atoms with Gasteiger partial charge in [-0.15, -0.1) is 0 Å². The molecule has 3 rings (SSSR count). The first-order valence-electron chi connectivity index (χ1n) is 9.02. The number of para-hydroxylation sites is 1. The summed E-state index contributed by atoms with van der Waals surface area (Å²) in [5, 5.41) is 4.87. The third-order valence-electron chi connectivity index (χ3n) is 4.02.